The molecule has 0 saturated heterocycles. The van der Waals surface area contributed by atoms with E-state index in [0.29, 0.717) is 0 Å². The average molecular weight is 1620 g/mol. The molecule has 20 rings (SSSR count). The summed E-state index contributed by atoms with van der Waals surface area (Å²) in [6.07, 6.45) is 0.842. The fourth-order valence-corrected chi connectivity index (χ4v) is 22.0. The molecule has 0 radical (unpaired) electrons. The van der Waals surface area contributed by atoms with Crippen LogP contribution in [0.25, 0.3) is 111 Å². The number of nitrogens with zero attached hydrogens (tertiary/aromatic N) is 2. The monoisotopic (exact) mass is 1620 g/mol. The van der Waals surface area contributed by atoms with Crippen molar-refractivity contribution in [2.45, 2.75) is 234 Å². The Bertz CT molecular complexity index is 7160. The zero-order chi connectivity index (χ0) is 87.4. The maximum Gasteiger partial charge on any atom is 0.159 e. The van der Waals surface area contributed by atoms with Crippen molar-refractivity contribution >= 4 is 78.0 Å². The summed E-state index contributed by atoms with van der Waals surface area (Å²) >= 11 is 0. The summed E-state index contributed by atoms with van der Waals surface area (Å²) in [5, 5.41) is 4.41. The van der Waals surface area contributed by atoms with E-state index in [1.807, 2.05) is 0 Å². The van der Waals surface area contributed by atoms with Crippen LogP contribution in [0.2, 0.25) is 0 Å². The van der Waals surface area contributed by atoms with E-state index in [9.17, 15) is 0 Å². The predicted octanol–water partition coefficient (Wildman–Crippen LogP) is 34.0. The first-order valence-corrected chi connectivity index (χ1v) is 45.3. The minimum Gasteiger partial charge on any atom is -0.455 e. The summed E-state index contributed by atoms with van der Waals surface area (Å²) in [6.45, 7) is 59.3. The Labute approximate surface area is 736 Å². The van der Waals surface area contributed by atoms with Gasteiger partial charge >= 0.3 is 0 Å². The molecule has 2 heterocycles. The highest BCUT2D eigenvalue weighted by molar-refractivity contribution is 6.13. The molecular formula is C120H120N2O2. The fraction of sp³-hybridized carbons (Fsp3) is 0.300. The van der Waals surface area contributed by atoms with Crippen molar-refractivity contribution in [3.8, 4) is 66.8 Å². The highest BCUT2D eigenvalue weighted by Crippen LogP contribution is 2.60. The topological polar surface area (TPSA) is 32.8 Å². The lowest BCUT2D eigenvalue weighted by Gasteiger charge is -2.32. The van der Waals surface area contributed by atoms with Gasteiger partial charge in [-0.1, -0.05) is 349 Å². The fourth-order valence-electron chi connectivity index (χ4n) is 22.0. The van der Waals surface area contributed by atoms with Gasteiger partial charge in [-0.25, -0.2) is 0 Å². The summed E-state index contributed by atoms with van der Waals surface area (Å²) in [7, 11) is 0. The minimum atomic E-state index is -0.357. The van der Waals surface area contributed by atoms with E-state index in [1.54, 1.807) is 0 Å². The summed E-state index contributed by atoms with van der Waals surface area (Å²) in [4.78, 5) is 4.99. The van der Waals surface area contributed by atoms with E-state index in [2.05, 4.69) is 444 Å². The Kier molecular flexibility index (Phi) is 17.7. The Morgan fingerprint density at radius 3 is 1.32 bits per heavy atom. The number of rotatable bonds is 11. The third-order valence-corrected chi connectivity index (χ3v) is 29.3. The van der Waals surface area contributed by atoms with E-state index < -0.39 is 0 Å². The maximum absolute atomic E-state index is 7.32. The van der Waals surface area contributed by atoms with Crippen molar-refractivity contribution in [3.63, 3.8) is 0 Å². The van der Waals surface area contributed by atoms with Crippen molar-refractivity contribution in [1.82, 2.24) is 0 Å². The van der Waals surface area contributed by atoms with Gasteiger partial charge < -0.3 is 18.6 Å². The standard InChI is InChI=1S/C120H120N2O2/c1-111(2,3)74-43-49-86-88-51-46-82(67-101(88)119(22,23)99(86)63-74)122(81-45-50-87-85-33-26-27-38-96(85)117(18,19)100(87)66-81)104-41-30-37-93-95-60-70(42-55-105(95)123-110(93)104)72-56-75(112(4,5)6)62-78(57-72)116(16,17)69-71-32-28-35-91-89-52-44-79(64-102(89)120(24,25)108(71)91)121(80-48-54-94-103(65-80)118(20,21)98-40-31-39-97(107(94)98)115(13,14)15)83-47-53-90-92-36-29-34-84(109(92)124-106(90)68-83)73-58-76(113(7,8)9)61-77(59-73)114(10,11)12/h26-68H,69H2,1-25H3. The highest BCUT2D eigenvalue weighted by atomic mass is 16.3. The van der Waals surface area contributed by atoms with Crippen LogP contribution in [0, 0.1) is 0 Å². The van der Waals surface area contributed by atoms with E-state index in [1.165, 1.54) is 145 Å². The van der Waals surface area contributed by atoms with E-state index in [4.69, 9.17) is 8.83 Å². The van der Waals surface area contributed by atoms with Gasteiger partial charge in [-0.05, 0) is 262 Å². The molecule has 0 N–H and O–H groups in total. The average Bonchev–Trinajstić information content (AvgIpc) is 1.57. The molecule has 0 bridgehead atoms. The van der Waals surface area contributed by atoms with Crippen LogP contribution in [0.5, 0.6) is 0 Å². The van der Waals surface area contributed by atoms with E-state index in [-0.39, 0.29) is 54.1 Å². The number of benzene rings is 14. The van der Waals surface area contributed by atoms with Gasteiger partial charge in [0.05, 0.1) is 5.69 Å². The van der Waals surface area contributed by atoms with Gasteiger partial charge in [-0.15, -0.1) is 0 Å². The van der Waals surface area contributed by atoms with E-state index in [0.717, 1.165) is 90.0 Å². The quantitative estimate of drug-likeness (QED) is 0.129. The normalized spacial score (nSPS) is 15.3. The second-order valence-corrected chi connectivity index (χ2v) is 44.8. The molecule has 0 atom stereocenters. The molecule has 2 aromatic heterocycles. The molecule has 0 saturated carbocycles. The first-order valence-electron chi connectivity index (χ1n) is 45.3. The van der Waals surface area contributed by atoms with Crippen LogP contribution in [0.4, 0.5) is 34.1 Å². The number of hydrogen-bond donors (Lipinski definition) is 0. The smallest absolute Gasteiger partial charge is 0.159 e. The predicted molar refractivity (Wildman–Crippen MR) is 528 cm³/mol. The molecule has 14 aromatic carbocycles. The van der Waals surface area contributed by atoms with E-state index >= 15 is 0 Å². The van der Waals surface area contributed by atoms with Gasteiger partial charge in [-0.2, -0.15) is 0 Å². The molecule has 4 aliphatic rings. The van der Waals surface area contributed by atoms with Gasteiger partial charge in [0.1, 0.15) is 16.7 Å². The number of furan rings is 2. The van der Waals surface area contributed by atoms with Crippen LogP contribution in [0.3, 0.4) is 0 Å². The van der Waals surface area contributed by atoms with Crippen LogP contribution in [0.15, 0.2) is 270 Å². The van der Waals surface area contributed by atoms with Gasteiger partial charge in [0, 0.05) is 83.3 Å². The minimum absolute atomic E-state index is 0.0293. The van der Waals surface area contributed by atoms with Crippen molar-refractivity contribution in [2.75, 3.05) is 9.80 Å². The van der Waals surface area contributed by atoms with Crippen molar-refractivity contribution in [1.29, 1.82) is 0 Å². The number of hydrogen-bond acceptors (Lipinski definition) is 4. The largest absolute Gasteiger partial charge is 0.455 e. The van der Waals surface area contributed by atoms with Gasteiger partial charge in [0.25, 0.3) is 0 Å². The first-order chi connectivity index (χ1) is 58.3. The van der Waals surface area contributed by atoms with Crippen molar-refractivity contribution < 1.29 is 8.83 Å². The lowest BCUT2D eigenvalue weighted by molar-refractivity contribution is 0.510. The molecule has 0 amide bonds. The number of fused-ring (bicyclic) bond motifs is 18. The third-order valence-electron chi connectivity index (χ3n) is 29.3. The zero-order valence-electron chi connectivity index (χ0n) is 77.7. The molecule has 4 aliphatic carbocycles. The SMILES string of the molecule is CC(C)(C)c1cc(-c2cccc3c2oc2cc(N(c4ccc5c(c4)C(C)(C)c4cccc(C(C)(C)C)c4-5)c4ccc5c(c4)C(C)(C)c4c(CC(C)(C)c6cc(-c7ccc8oc9c(N(c%10ccc%11c(c%10)C(C)(C)c%10ccccc%10-%11)c%10ccc%11c(c%10)C(C)(C)c%10cc(C(C)(C)C)ccc%10-%11)cccc9c8c7)cc(C(C)(C)C)c6)cccc4-5)ccc23)cc(C(C)(C)C)c1. The van der Waals surface area contributed by atoms with Gasteiger partial charge in [0.2, 0.25) is 0 Å². The summed E-state index contributed by atoms with van der Waals surface area (Å²) < 4.78 is 14.6. The molecule has 622 valence electrons. The van der Waals surface area contributed by atoms with Crippen LogP contribution < -0.4 is 9.80 Å². The van der Waals surface area contributed by atoms with Crippen LogP contribution >= 0.6 is 0 Å². The molecule has 16 aromatic rings. The van der Waals surface area contributed by atoms with Gasteiger partial charge in [0.15, 0.2) is 5.58 Å². The molecule has 0 spiro atoms. The summed E-state index contributed by atoms with van der Waals surface area (Å²) in [6, 6.07) is 101. The van der Waals surface area contributed by atoms with Gasteiger partial charge in [-0.3, -0.25) is 0 Å². The molecule has 124 heavy (non-hydrogen) atoms. The Morgan fingerprint density at radius 2 is 0.702 bits per heavy atom. The third kappa shape index (κ3) is 12.6. The molecular weight excluding hydrogens is 1500 g/mol. The van der Waals surface area contributed by atoms with Crippen LogP contribution in [0.1, 0.15) is 257 Å². The molecule has 4 nitrogen and oxygen atoms in total. The molecule has 0 aliphatic heterocycles. The second kappa shape index (κ2) is 27.1. The zero-order valence-corrected chi connectivity index (χ0v) is 77.7. The van der Waals surface area contributed by atoms with Crippen LogP contribution in [-0.2, 0) is 60.6 Å². The molecule has 0 fully saturated rings. The summed E-state index contributed by atoms with van der Waals surface area (Å²) in [5.74, 6) is 0. The van der Waals surface area contributed by atoms with Crippen molar-refractivity contribution in [2.24, 2.45) is 0 Å². The molecule has 0 unspecified atom stereocenters. The Balaban J connectivity index is 0.666. The maximum atomic E-state index is 7.32. The summed E-state index contributed by atoms with van der Waals surface area (Å²) in [5.41, 5.74) is 44.0. The Hall–Kier alpha value is -11.7. The first kappa shape index (κ1) is 80.7. The second-order valence-electron chi connectivity index (χ2n) is 44.8. The Morgan fingerprint density at radius 1 is 0.258 bits per heavy atom. The number of para-hydroxylation sites is 2. The number of anilines is 6. The highest BCUT2D eigenvalue weighted by Gasteiger charge is 2.44. The van der Waals surface area contributed by atoms with Crippen LogP contribution in [-0.4, -0.2) is 0 Å². The lowest BCUT2D eigenvalue weighted by Crippen LogP contribution is -2.25. The lowest BCUT2D eigenvalue weighted by atomic mass is 9.72. The molecule has 4 heteroatoms. The van der Waals surface area contributed by atoms with Crippen molar-refractivity contribution in [3.05, 3.63) is 344 Å².